The number of hydrogen-bond donors (Lipinski definition) is 0. The van der Waals surface area contributed by atoms with Crippen molar-refractivity contribution in [2.75, 3.05) is 26.7 Å². The summed E-state index contributed by atoms with van der Waals surface area (Å²) in [6.45, 7) is 1.98. The number of hydrogen-bond acceptors (Lipinski definition) is 3. The van der Waals surface area contributed by atoms with E-state index in [1.807, 2.05) is 54.6 Å². The standard InChI is InChI=1S/C23H30N2O2S.ClH/c1-24-16-17-25(23(18-24)21-10-6-3-7-11-21)28(26,27)22-14-12-20(13-15-22)19-8-4-2-5-9-19;/h3,6-7,10-15,19,23H,2,4-5,8-9,16-18H2,1H3;1H. The molecule has 4 nitrogen and oxygen atoms in total. The van der Waals surface area contributed by atoms with Crippen molar-refractivity contribution < 1.29 is 8.42 Å². The molecule has 2 aliphatic rings. The van der Waals surface area contributed by atoms with E-state index in [0.29, 0.717) is 23.9 Å². The summed E-state index contributed by atoms with van der Waals surface area (Å²) in [6, 6.07) is 17.5. The second kappa shape index (κ2) is 9.61. The van der Waals surface area contributed by atoms with Crippen LogP contribution in [-0.2, 0) is 10.0 Å². The smallest absolute Gasteiger partial charge is 0.243 e. The van der Waals surface area contributed by atoms with Gasteiger partial charge in [0.25, 0.3) is 0 Å². The number of sulfonamides is 1. The van der Waals surface area contributed by atoms with Crippen molar-refractivity contribution in [3.05, 3.63) is 65.7 Å². The Hall–Kier alpha value is -1.40. The third kappa shape index (κ3) is 4.85. The molecule has 0 amide bonds. The summed E-state index contributed by atoms with van der Waals surface area (Å²) in [7, 11) is -1.47. The van der Waals surface area contributed by atoms with Crippen LogP contribution >= 0.6 is 12.4 Å². The Morgan fingerprint density at radius 3 is 2.14 bits per heavy atom. The topological polar surface area (TPSA) is 40.6 Å². The Morgan fingerprint density at radius 1 is 0.828 bits per heavy atom. The van der Waals surface area contributed by atoms with Gasteiger partial charge in [0, 0.05) is 19.6 Å². The van der Waals surface area contributed by atoms with Crippen molar-refractivity contribution in [2.45, 2.75) is 49.0 Å². The molecule has 2 aromatic carbocycles. The van der Waals surface area contributed by atoms with Gasteiger partial charge in [0.05, 0.1) is 10.9 Å². The number of benzene rings is 2. The average Bonchev–Trinajstić information content (AvgIpc) is 2.75. The zero-order valence-electron chi connectivity index (χ0n) is 17.0. The molecule has 1 atom stereocenters. The molecule has 158 valence electrons. The molecule has 0 radical (unpaired) electrons. The predicted molar refractivity (Wildman–Crippen MR) is 120 cm³/mol. The first-order chi connectivity index (χ1) is 13.6. The highest BCUT2D eigenvalue weighted by Gasteiger charge is 2.36. The van der Waals surface area contributed by atoms with Crippen LogP contribution in [0.1, 0.15) is 55.2 Å². The van der Waals surface area contributed by atoms with Crippen molar-refractivity contribution in [3.63, 3.8) is 0 Å². The Kier molecular flexibility index (Phi) is 7.38. The molecule has 4 rings (SSSR count). The van der Waals surface area contributed by atoms with Gasteiger partial charge in [-0.3, -0.25) is 0 Å². The van der Waals surface area contributed by atoms with Crippen LogP contribution in [0.25, 0.3) is 0 Å². The van der Waals surface area contributed by atoms with Crippen LogP contribution in [0.3, 0.4) is 0 Å². The van der Waals surface area contributed by atoms with Gasteiger partial charge in [-0.2, -0.15) is 4.31 Å². The third-order valence-electron chi connectivity index (χ3n) is 6.28. The first-order valence-corrected chi connectivity index (χ1v) is 11.8. The largest absolute Gasteiger partial charge is 0.303 e. The molecule has 1 aliphatic heterocycles. The second-order valence-corrected chi connectivity index (χ2v) is 10.1. The van der Waals surface area contributed by atoms with E-state index in [1.165, 1.54) is 37.7 Å². The molecular weight excluding hydrogens is 404 g/mol. The molecule has 0 aromatic heterocycles. The molecule has 2 aromatic rings. The van der Waals surface area contributed by atoms with E-state index in [0.717, 1.165) is 12.1 Å². The maximum Gasteiger partial charge on any atom is 0.243 e. The monoisotopic (exact) mass is 434 g/mol. The highest BCUT2D eigenvalue weighted by molar-refractivity contribution is 7.89. The van der Waals surface area contributed by atoms with Gasteiger partial charge in [0.15, 0.2) is 0 Å². The Labute approximate surface area is 181 Å². The number of nitrogens with zero attached hydrogens (tertiary/aromatic N) is 2. The van der Waals surface area contributed by atoms with Gasteiger partial charge >= 0.3 is 0 Å². The van der Waals surface area contributed by atoms with E-state index < -0.39 is 10.0 Å². The van der Waals surface area contributed by atoms with Gasteiger partial charge in [-0.1, -0.05) is 61.7 Å². The van der Waals surface area contributed by atoms with Crippen molar-refractivity contribution in [2.24, 2.45) is 0 Å². The molecule has 1 unspecified atom stereocenters. The fourth-order valence-corrected chi connectivity index (χ4v) is 6.22. The van der Waals surface area contributed by atoms with E-state index in [9.17, 15) is 8.42 Å². The maximum atomic E-state index is 13.5. The van der Waals surface area contributed by atoms with E-state index in [2.05, 4.69) is 11.9 Å². The van der Waals surface area contributed by atoms with E-state index >= 15 is 0 Å². The number of piperazine rings is 1. The van der Waals surface area contributed by atoms with Crippen LogP contribution < -0.4 is 0 Å². The quantitative estimate of drug-likeness (QED) is 0.691. The molecular formula is C23H31ClN2O2S. The van der Waals surface area contributed by atoms with Crippen LogP contribution in [-0.4, -0.2) is 44.3 Å². The van der Waals surface area contributed by atoms with Crippen LogP contribution in [0.5, 0.6) is 0 Å². The minimum atomic E-state index is -3.52. The van der Waals surface area contributed by atoms with Crippen LogP contribution in [0, 0.1) is 0 Å². The lowest BCUT2D eigenvalue weighted by Crippen LogP contribution is -2.49. The van der Waals surface area contributed by atoms with Crippen molar-refractivity contribution in [3.8, 4) is 0 Å². The lowest BCUT2D eigenvalue weighted by atomic mass is 9.84. The van der Waals surface area contributed by atoms with Gasteiger partial charge in [-0.25, -0.2) is 8.42 Å². The molecule has 1 saturated carbocycles. The summed E-state index contributed by atoms with van der Waals surface area (Å²) in [6.07, 6.45) is 6.34. The summed E-state index contributed by atoms with van der Waals surface area (Å²) in [4.78, 5) is 2.62. The van der Waals surface area contributed by atoms with E-state index in [1.54, 1.807) is 4.31 Å². The lowest BCUT2D eigenvalue weighted by Gasteiger charge is -2.39. The van der Waals surface area contributed by atoms with E-state index in [4.69, 9.17) is 0 Å². The first-order valence-electron chi connectivity index (χ1n) is 10.4. The number of rotatable bonds is 4. The molecule has 1 heterocycles. The average molecular weight is 435 g/mol. The van der Waals surface area contributed by atoms with Crippen molar-refractivity contribution in [1.82, 2.24) is 9.21 Å². The van der Waals surface area contributed by atoms with Gasteiger partial charge < -0.3 is 4.90 Å². The zero-order chi connectivity index (χ0) is 19.6. The molecule has 1 saturated heterocycles. The number of halogens is 1. The number of likely N-dealkylation sites (N-methyl/N-ethyl adjacent to an activating group) is 1. The predicted octanol–water partition coefficient (Wildman–Crippen LogP) is 4.83. The SMILES string of the molecule is CN1CCN(S(=O)(=O)c2ccc(C3CCCCC3)cc2)C(c2ccccc2)C1.Cl. The van der Waals surface area contributed by atoms with Gasteiger partial charge in [-0.15, -0.1) is 12.4 Å². The fourth-order valence-electron chi connectivity index (χ4n) is 4.62. The molecule has 1 aliphatic carbocycles. The molecule has 2 fully saturated rings. The summed E-state index contributed by atoms with van der Waals surface area (Å²) >= 11 is 0. The molecule has 0 spiro atoms. The first kappa shape index (κ1) is 22.3. The maximum absolute atomic E-state index is 13.5. The molecule has 29 heavy (non-hydrogen) atoms. The minimum Gasteiger partial charge on any atom is -0.303 e. The zero-order valence-corrected chi connectivity index (χ0v) is 18.7. The summed E-state index contributed by atoms with van der Waals surface area (Å²) in [5.41, 5.74) is 2.34. The summed E-state index contributed by atoms with van der Waals surface area (Å²) < 4.78 is 28.6. The minimum absolute atomic E-state index is 0. The summed E-state index contributed by atoms with van der Waals surface area (Å²) in [5, 5.41) is 0. The van der Waals surface area contributed by atoms with Crippen molar-refractivity contribution in [1.29, 1.82) is 0 Å². The van der Waals surface area contributed by atoms with Gasteiger partial charge in [0.2, 0.25) is 10.0 Å². The van der Waals surface area contributed by atoms with Crippen LogP contribution in [0.2, 0.25) is 0 Å². The fraction of sp³-hybridized carbons (Fsp3) is 0.478. The lowest BCUT2D eigenvalue weighted by molar-refractivity contribution is 0.160. The Balaban J connectivity index is 0.00000240. The van der Waals surface area contributed by atoms with Crippen molar-refractivity contribution >= 4 is 22.4 Å². The van der Waals surface area contributed by atoms with Crippen LogP contribution in [0.15, 0.2) is 59.5 Å². The normalized spacial score (nSPS) is 22.2. The Morgan fingerprint density at radius 2 is 1.48 bits per heavy atom. The highest BCUT2D eigenvalue weighted by Crippen LogP contribution is 2.34. The molecule has 0 bridgehead atoms. The van der Waals surface area contributed by atoms with E-state index in [-0.39, 0.29) is 18.4 Å². The van der Waals surface area contributed by atoms with Crippen LogP contribution in [0.4, 0.5) is 0 Å². The highest BCUT2D eigenvalue weighted by atomic mass is 35.5. The molecule has 0 N–H and O–H groups in total. The van der Waals surface area contributed by atoms with Gasteiger partial charge in [-0.05, 0) is 49.1 Å². The third-order valence-corrected chi connectivity index (χ3v) is 8.20. The Bertz CT molecular complexity index is 881. The van der Waals surface area contributed by atoms with Gasteiger partial charge in [0.1, 0.15) is 0 Å². The second-order valence-electron chi connectivity index (χ2n) is 8.21. The summed E-state index contributed by atoms with van der Waals surface area (Å²) in [5.74, 6) is 0.589. The molecule has 6 heteroatoms.